The van der Waals surface area contributed by atoms with E-state index in [1.54, 1.807) is 28.1 Å². The van der Waals surface area contributed by atoms with E-state index in [1.165, 1.54) is 23.5 Å². The Morgan fingerprint density at radius 1 is 0.926 bits per heavy atom. The summed E-state index contributed by atoms with van der Waals surface area (Å²) in [6, 6.07) is 11.8. The number of carbonyl (C=O) groups is 2. The zero-order valence-corrected chi connectivity index (χ0v) is 15.3. The molecular formula is C19H18N4O3S. The van der Waals surface area contributed by atoms with E-state index in [4.69, 9.17) is 0 Å². The number of hydrogen-bond donors (Lipinski definition) is 2. The van der Waals surface area contributed by atoms with E-state index < -0.39 is 0 Å². The van der Waals surface area contributed by atoms with Gasteiger partial charge in [0, 0.05) is 37.9 Å². The van der Waals surface area contributed by atoms with Crippen LogP contribution in [0.25, 0.3) is 10.6 Å². The highest BCUT2D eigenvalue weighted by molar-refractivity contribution is 7.17. The molecule has 27 heavy (non-hydrogen) atoms. The molecule has 1 aliphatic heterocycles. The third kappa shape index (κ3) is 3.56. The molecule has 1 aliphatic rings. The van der Waals surface area contributed by atoms with Gasteiger partial charge in [-0.15, -0.1) is 11.3 Å². The molecule has 0 radical (unpaired) electrons. The Morgan fingerprint density at radius 2 is 1.59 bits per heavy atom. The highest BCUT2D eigenvalue weighted by Gasteiger charge is 2.26. The van der Waals surface area contributed by atoms with Crippen LogP contribution in [0.1, 0.15) is 20.0 Å². The maximum absolute atomic E-state index is 12.7. The average molecular weight is 382 g/mol. The third-order valence-electron chi connectivity index (χ3n) is 4.55. The van der Waals surface area contributed by atoms with Crippen LogP contribution >= 0.6 is 11.3 Å². The van der Waals surface area contributed by atoms with Gasteiger partial charge in [0.2, 0.25) is 0 Å². The van der Waals surface area contributed by atoms with Crippen LogP contribution in [0.3, 0.4) is 0 Å². The molecule has 2 N–H and O–H groups in total. The Morgan fingerprint density at radius 3 is 2.22 bits per heavy atom. The molecule has 0 aliphatic carbocycles. The zero-order valence-electron chi connectivity index (χ0n) is 14.5. The number of nitrogens with one attached hydrogen (secondary N) is 1. The second-order valence-corrected chi connectivity index (χ2v) is 7.35. The molecule has 1 aromatic carbocycles. The van der Waals surface area contributed by atoms with Crippen molar-refractivity contribution in [3.63, 3.8) is 0 Å². The predicted molar refractivity (Wildman–Crippen MR) is 102 cm³/mol. The van der Waals surface area contributed by atoms with Gasteiger partial charge in [0.15, 0.2) is 0 Å². The molecule has 0 saturated carbocycles. The van der Waals surface area contributed by atoms with Crippen molar-refractivity contribution in [3.8, 4) is 16.3 Å². The molecule has 2 amide bonds. The smallest absolute Gasteiger partial charge is 0.264 e. The number of benzene rings is 1. The predicted octanol–water partition coefficient (Wildman–Crippen LogP) is 2.44. The molecule has 8 heteroatoms. The van der Waals surface area contributed by atoms with Crippen molar-refractivity contribution >= 4 is 23.2 Å². The number of aromatic amines is 1. The minimum absolute atomic E-state index is 0.0116. The lowest BCUT2D eigenvalue weighted by Crippen LogP contribution is -2.50. The van der Waals surface area contributed by atoms with E-state index in [9.17, 15) is 14.7 Å². The highest BCUT2D eigenvalue weighted by Crippen LogP contribution is 2.27. The number of hydrogen-bond acceptors (Lipinski definition) is 5. The minimum atomic E-state index is -0.0836. The van der Waals surface area contributed by atoms with Crippen molar-refractivity contribution < 1.29 is 14.7 Å². The molecule has 4 rings (SSSR count). The maximum atomic E-state index is 12.7. The van der Waals surface area contributed by atoms with Gasteiger partial charge in [-0.1, -0.05) is 0 Å². The van der Waals surface area contributed by atoms with Gasteiger partial charge in [0.1, 0.15) is 5.75 Å². The fourth-order valence-electron chi connectivity index (χ4n) is 3.05. The summed E-state index contributed by atoms with van der Waals surface area (Å²) in [5, 5.41) is 16.2. The molecule has 0 spiro atoms. The first kappa shape index (κ1) is 17.3. The van der Waals surface area contributed by atoms with Crippen LogP contribution in [-0.2, 0) is 0 Å². The van der Waals surface area contributed by atoms with Crippen LogP contribution in [0.5, 0.6) is 5.75 Å². The molecule has 0 atom stereocenters. The van der Waals surface area contributed by atoms with Crippen molar-refractivity contribution in [1.29, 1.82) is 0 Å². The summed E-state index contributed by atoms with van der Waals surface area (Å²) in [6.07, 6.45) is 1.68. The van der Waals surface area contributed by atoms with Crippen molar-refractivity contribution in [1.82, 2.24) is 20.0 Å². The molecule has 0 bridgehead atoms. The number of phenols is 1. The number of amides is 2. The lowest BCUT2D eigenvalue weighted by atomic mass is 10.1. The zero-order chi connectivity index (χ0) is 18.8. The Balaban J connectivity index is 1.38. The summed E-state index contributed by atoms with van der Waals surface area (Å²) >= 11 is 1.43. The molecule has 1 saturated heterocycles. The lowest BCUT2D eigenvalue weighted by Gasteiger charge is -2.34. The van der Waals surface area contributed by atoms with E-state index in [0.29, 0.717) is 36.6 Å². The number of nitrogens with zero attached hydrogens (tertiary/aromatic N) is 3. The molecule has 2 aromatic heterocycles. The van der Waals surface area contributed by atoms with Gasteiger partial charge in [-0.3, -0.25) is 14.7 Å². The Labute approximate surface area is 159 Å². The first-order valence-electron chi connectivity index (χ1n) is 8.59. The van der Waals surface area contributed by atoms with Crippen LogP contribution in [-0.4, -0.2) is 63.1 Å². The molecule has 3 aromatic rings. The number of aromatic hydroxyl groups is 1. The van der Waals surface area contributed by atoms with E-state index >= 15 is 0 Å². The quantitative estimate of drug-likeness (QED) is 0.728. The number of aromatic nitrogens is 2. The number of thiophene rings is 1. The van der Waals surface area contributed by atoms with Crippen LogP contribution in [0.4, 0.5) is 0 Å². The normalized spacial score (nSPS) is 14.4. The molecule has 0 unspecified atom stereocenters. The lowest BCUT2D eigenvalue weighted by molar-refractivity contribution is 0.0538. The summed E-state index contributed by atoms with van der Waals surface area (Å²) in [5.41, 5.74) is 1.43. The second kappa shape index (κ2) is 7.24. The highest BCUT2D eigenvalue weighted by atomic mass is 32.1. The van der Waals surface area contributed by atoms with E-state index in [1.807, 2.05) is 18.2 Å². The SMILES string of the molecule is O=C(c1ccc(O)cc1)N1CCN(C(=O)c2ccc(-c3ccn[nH]3)s2)CC1. The van der Waals surface area contributed by atoms with Gasteiger partial charge in [0.05, 0.1) is 15.4 Å². The summed E-state index contributed by atoms with van der Waals surface area (Å²) in [4.78, 5) is 30.4. The largest absolute Gasteiger partial charge is 0.508 e. The van der Waals surface area contributed by atoms with Crippen molar-refractivity contribution in [2.45, 2.75) is 0 Å². The summed E-state index contributed by atoms with van der Waals surface area (Å²) < 4.78 is 0. The topological polar surface area (TPSA) is 89.5 Å². The fourth-order valence-corrected chi connectivity index (χ4v) is 3.99. The maximum Gasteiger partial charge on any atom is 0.264 e. The third-order valence-corrected chi connectivity index (χ3v) is 5.66. The molecule has 7 nitrogen and oxygen atoms in total. The summed E-state index contributed by atoms with van der Waals surface area (Å²) in [5.74, 6) is 0.0367. The molecular weight excluding hydrogens is 364 g/mol. The van der Waals surface area contributed by atoms with Gasteiger partial charge in [-0.2, -0.15) is 5.10 Å². The van der Waals surface area contributed by atoms with Crippen molar-refractivity contribution in [3.05, 3.63) is 59.1 Å². The van der Waals surface area contributed by atoms with Crippen molar-refractivity contribution in [2.24, 2.45) is 0 Å². The average Bonchev–Trinajstić information content (AvgIpc) is 3.39. The first-order valence-corrected chi connectivity index (χ1v) is 9.40. The van der Waals surface area contributed by atoms with Gasteiger partial charge >= 0.3 is 0 Å². The van der Waals surface area contributed by atoms with Gasteiger partial charge in [-0.25, -0.2) is 0 Å². The summed E-state index contributed by atoms with van der Waals surface area (Å²) in [7, 11) is 0. The Hall–Kier alpha value is -3.13. The number of phenolic OH excluding ortho intramolecular Hbond substituents is 1. The number of carbonyl (C=O) groups excluding carboxylic acids is 2. The van der Waals surface area contributed by atoms with Gasteiger partial charge in [0.25, 0.3) is 11.8 Å². The number of rotatable bonds is 3. The van der Waals surface area contributed by atoms with Gasteiger partial charge in [-0.05, 0) is 42.5 Å². The summed E-state index contributed by atoms with van der Waals surface area (Å²) in [6.45, 7) is 1.98. The molecule has 3 heterocycles. The minimum Gasteiger partial charge on any atom is -0.508 e. The second-order valence-electron chi connectivity index (χ2n) is 6.27. The molecule has 1 fully saturated rings. The monoisotopic (exact) mass is 382 g/mol. The first-order chi connectivity index (χ1) is 13.1. The fraction of sp³-hybridized carbons (Fsp3) is 0.211. The standard InChI is InChI=1S/C19H18N4O3S/c24-14-3-1-13(2-4-14)18(25)22-9-11-23(12-10-22)19(26)17-6-5-16(27-17)15-7-8-20-21-15/h1-8,24H,9-12H2,(H,20,21). The number of piperazine rings is 1. The van der Waals surface area contributed by atoms with E-state index in [2.05, 4.69) is 10.2 Å². The van der Waals surface area contributed by atoms with Crippen LogP contribution in [0, 0.1) is 0 Å². The van der Waals surface area contributed by atoms with Crippen LogP contribution < -0.4 is 0 Å². The van der Waals surface area contributed by atoms with E-state index in [0.717, 1.165) is 10.6 Å². The van der Waals surface area contributed by atoms with Crippen LogP contribution in [0.2, 0.25) is 0 Å². The van der Waals surface area contributed by atoms with Gasteiger partial charge < -0.3 is 14.9 Å². The number of H-pyrrole nitrogens is 1. The van der Waals surface area contributed by atoms with E-state index in [-0.39, 0.29) is 17.6 Å². The Bertz CT molecular complexity index is 942. The van der Waals surface area contributed by atoms with Crippen molar-refractivity contribution in [2.75, 3.05) is 26.2 Å². The molecule has 138 valence electrons. The van der Waals surface area contributed by atoms with Crippen LogP contribution in [0.15, 0.2) is 48.7 Å². The Kier molecular flexibility index (Phi) is 4.64.